The van der Waals surface area contributed by atoms with E-state index >= 15 is 0 Å². The largest absolute Gasteiger partial charge is 0.143 e. The van der Waals surface area contributed by atoms with Crippen LogP contribution in [0.25, 0.3) is 42.4 Å². The van der Waals surface area contributed by atoms with Gasteiger partial charge in [-0.1, -0.05) is 24.3 Å². The predicted molar refractivity (Wildman–Crippen MR) is 108 cm³/mol. The van der Waals surface area contributed by atoms with Gasteiger partial charge in [-0.2, -0.15) is 0 Å². The summed E-state index contributed by atoms with van der Waals surface area (Å²) in [5, 5.41) is 6.12. The maximum Gasteiger partial charge on any atom is 0.0456 e. The number of benzene rings is 2. The minimum atomic E-state index is 1.31. The number of thiophene rings is 3. The van der Waals surface area contributed by atoms with Crippen LogP contribution in [-0.2, 0) is 0 Å². The van der Waals surface area contributed by atoms with E-state index in [9.17, 15) is 0 Å². The van der Waals surface area contributed by atoms with Gasteiger partial charge in [0.2, 0.25) is 0 Å². The molecule has 0 amide bonds. The summed E-state index contributed by atoms with van der Waals surface area (Å²) in [6.45, 7) is 0. The molecule has 0 unspecified atom stereocenters. The lowest BCUT2D eigenvalue weighted by molar-refractivity contribution is 1.81. The van der Waals surface area contributed by atoms with Crippen LogP contribution >= 0.6 is 34.0 Å². The molecule has 0 aliphatic carbocycles. The fourth-order valence-corrected chi connectivity index (χ4v) is 5.88. The molecule has 0 bridgehead atoms. The van der Waals surface area contributed by atoms with Crippen LogP contribution in [0.4, 0.5) is 0 Å². The third-order valence-electron chi connectivity index (χ3n) is 3.97. The zero-order valence-corrected chi connectivity index (χ0v) is 14.6. The first-order chi connectivity index (χ1) is 11.3. The topological polar surface area (TPSA) is 0 Å². The minimum Gasteiger partial charge on any atom is -0.143 e. The van der Waals surface area contributed by atoms with E-state index in [1.54, 1.807) is 0 Å². The van der Waals surface area contributed by atoms with Crippen LogP contribution in [-0.4, -0.2) is 0 Å². The molecule has 5 aromatic rings. The molecule has 3 heterocycles. The van der Waals surface area contributed by atoms with E-state index in [2.05, 4.69) is 72.1 Å². The SMILES string of the molecule is C(=C\c1cc2sccc2s1)/c1cc2cc3ccccc3cc2s1. The highest BCUT2D eigenvalue weighted by molar-refractivity contribution is 7.27. The van der Waals surface area contributed by atoms with Crippen LogP contribution < -0.4 is 0 Å². The highest BCUT2D eigenvalue weighted by Crippen LogP contribution is 2.33. The van der Waals surface area contributed by atoms with E-state index in [4.69, 9.17) is 0 Å². The Labute approximate surface area is 145 Å². The maximum absolute atomic E-state index is 2.30. The quantitative estimate of drug-likeness (QED) is 0.310. The van der Waals surface area contributed by atoms with Crippen LogP contribution in [0.3, 0.4) is 0 Å². The highest BCUT2D eigenvalue weighted by Gasteiger charge is 2.03. The van der Waals surface area contributed by atoms with Crippen molar-refractivity contribution >= 4 is 76.4 Å². The van der Waals surface area contributed by atoms with Crippen LogP contribution in [0, 0.1) is 0 Å². The summed E-state index contributed by atoms with van der Waals surface area (Å²) in [4.78, 5) is 2.64. The monoisotopic (exact) mass is 348 g/mol. The molecule has 0 nitrogen and oxygen atoms in total. The average molecular weight is 349 g/mol. The molecule has 0 saturated heterocycles. The van der Waals surface area contributed by atoms with Gasteiger partial charge in [0, 0.05) is 23.9 Å². The van der Waals surface area contributed by atoms with E-state index in [1.165, 1.54) is 40.0 Å². The van der Waals surface area contributed by atoms with Crippen molar-refractivity contribution in [1.82, 2.24) is 0 Å². The molecular weight excluding hydrogens is 336 g/mol. The van der Waals surface area contributed by atoms with Crippen molar-refractivity contribution in [2.75, 3.05) is 0 Å². The molecule has 110 valence electrons. The Morgan fingerprint density at radius 1 is 0.609 bits per heavy atom. The molecule has 0 atom stereocenters. The molecule has 0 N–H and O–H groups in total. The van der Waals surface area contributed by atoms with E-state index in [-0.39, 0.29) is 0 Å². The second-order valence-corrected chi connectivity index (χ2v) is 8.70. The van der Waals surface area contributed by atoms with E-state index in [0.29, 0.717) is 0 Å². The van der Waals surface area contributed by atoms with Crippen LogP contribution in [0.5, 0.6) is 0 Å². The van der Waals surface area contributed by atoms with Crippen LogP contribution in [0.15, 0.2) is 60.0 Å². The molecule has 2 aromatic carbocycles. The van der Waals surface area contributed by atoms with Gasteiger partial charge >= 0.3 is 0 Å². The van der Waals surface area contributed by atoms with Crippen molar-refractivity contribution in [2.24, 2.45) is 0 Å². The van der Waals surface area contributed by atoms with Crippen LogP contribution in [0.2, 0.25) is 0 Å². The number of hydrogen-bond acceptors (Lipinski definition) is 3. The van der Waals surface area contributed by atoms with Crippen molar-refractivity contribution in [3.8, 4) is 0 Å². The maximum atomic E-state index is 2.30. The predicted octanol–water partition coefficient (Wildman–Crippen LogP) is 7.50. The zero-order valence-electron chi connectivity index (χ0n) is 12.2. The van der Waals surface area contributed by atoms with Gasteiger partial charge in [-0.25, -0.2) is 0 Å². The number of hydrogen-bond donors (Lipinski definition) is 0. The van der Waals surface area contributed by atoms with Crippen molar-refractivity contribution in [3.63, 3.8) is 0 Å². The zero-order chi connectivity index (χ0) is 15.2. The molecule has 0 aliphatic heterocycles. The van der Waals surface area contributed by atoms with Gasteiger partial charge in [-0.05, 0) is 64.0 Å². The molecular formula is C20H12S3. The van der Waals surface area contributed by atoms with Crippen molar-refractivity contribution in [3.05, 3.63) is 69.7 Å². The Morgan fingerprint density at radius 2 is 1.35 bits per heavy atom. The van der Waals surface area contributed by atoms with Crippen LogP contribution in [0.1, 0.15) is 9.75 Å². The van der Waals surface area contributed by atoms with Gasteiger partial charge in [0.15, 0.2) is 0 Å². The van der Waals surface area contributed by atoms with E-state index in [0.717, 1.165) is 0 Å². The van der Waals surface area contributed by atoms with Crippen molar-refractivity contribution in [2.45, 2.75) is 0 Å². The normalized spacial score (nSPS) is 12.2. The second-order valence-electron chi connectivity index (χ2n) is 5.52. The molecule has 5 rings (SSSR count). The average Bonchev–Trinajstić information content (AvgIpc) is 3.24. The Hall–Kier alpha value is -1.94. The molecule has 0 aliphatic rings. The van der Waals surface area contributed by atoms with Gasteiger partial charge in [0.1, 0.15) is 0 Å². The summed E-state index contributed by atoms with van der Waals surface area (Å²) < 4.78 is 4.13. The van der Waals surface area contributed by atoms with Gasteiger partial charge in [-0.15, -0.1) is 34.0 Å². The molecule has 0 radical (unpaired) electrons. The summed E-state index contributed by atoms with van der Waals surface area (Å²) in [7, 11) is 0. The lowest BCUT2D eigenvalue weighted by Crippen LogP contribution is -1.70. The number of rotatable bonds is 2. The lowest BCUT2D eigenvalue weighted by Gasteiger charge is -1.96. The molecule has 0 fully saturated rings. The summed E-state index contributed by atoms with van der Waals surface area (Å²) in [6.07, 6.45) is 4.48. The van der Waals surface area contributed by atoms with Gasteiger partial charge in [0.05, 0.1) is 0 Å². The Balaban J connectivity index is 1.55. The molecule has 3 aromatic heterocycles. The smallest absolute Gasteiger partial charge is 0.0456 e. The lowest BCUT2D eigenvalue weighted by atomic mass is 10.1. The summed E-state index contributed by atoms with van der Waals surface area (Å²) in [5.74, 6) is 0. The standard InChI is InChI=1S/C20H12S3/c1-2-4-14-11-19-15(9-13(14)3-1)10-16(23-19)5-6-17-12-20-18(22-17)7-8-21-20/h1-12H/b6-5+. The molecule has 0 saturated carbocycles. The summed E-state index contributed by atoms with van der Waals surface area (Å²) in [6, 6.07) is 19.9. The fraction of sp³-hybridized carbons (Fsp3) is 0. The first-order valence-corrected chi connectivity index (χ1v) is 9.94. The second kappa shape index (κ2) is 5.31. The molecule has 0 spiro atoms. The first kappa shape index (κ1) is 13.5. The third kappa shape index (κ3) is 2.41. The van der Waals surface area contributed by atoms with E-state index < -0.39 is 0 Å². The fourth-order valence-electron chi connectivity index (χ4n) is 2.86. The Bertz CT molecular complexity index is 1090. The van der Waals surface area contributed by atoms with E-state index in [1.807, 2.05) is 34.0 Å². The molecule has 3 heteroatoms. The Morgan fingerprint density at radius 3 is 2.17 bits per heavy atom. The van der Waals surface area contributed by atoms with Crippen molar-refractivity contribution < 1.29 is 0 Å². The van der Waals surface area contributed by atoms with Gasteiger partial charge in [-0.3, -0.25) is 0 Å². The van der Waals surface area contributed by atoms with Gasteiger partial charge in [0.25, 0.3) is 0 Å². The number of fused-ring (bicyclic) bond motifs is 3. The Kier molecular flexibility index (Phi) is 3.11. The highest BCUT2D eigenvalue weighted by atomic mass is 32.1. The third-order valence-corrected chi connectivity index (χ3v) is 7.10. The van der Waals surface area contributed by atoms with Crippen molar-refractivity contribution in [1.29, 1.82) is 0 Å². The summed E-state index contributed by atoms with van der Waals surface area (Å²) >= 11 is 5.54. The summed E-state index contributed by atoms with van der Waals surface area (Å²) in [5.41, 5.74) is 0. The minimum absolute atomic E-state index is 1.31. The molecule has 23 heavy (non-hydrogen) atoms. The van der Waals surface area contributed by atoms with Gasteiger partial charge < -0.3 is 0 Å². The first-order valence-electron chi connectivity index (χ1n) is 7.43.